The van der Waals surface area contributed by atoms with Crippen molar-refractivity contribution in [3.05, 3.63) is 0 Å². The largest absolute Gasteiger partial charge is 0.466 e. The zero-order valence-electron chi connectivity index (χ0n) is 7.03. The van der Waals surface area contributed by atoms with Crippen LogP contribution >= 0.6 is 0 Å². The molecule has 1 unspecified atom stereocenters. The number of rotatable bonds is 2. The van der Waals surface area contributed by atoms with Crippen LogP contribution in [-0.4, -0.2) is 43.9 Å². The van der Waals surface area contributed by atoms with E-state index in [0.29, 0.717) is 0 Å². The lowest BCUT2D eigenvalue weighted by Crippen LogP contribution is -2.40. The van der Waals surface area contributed by atoms with Crippen molar-refractivity contribution in [2.45, 2.75) is 5.66 Å². The molecule has 0 aromatic heterocycles. The third-order valence-electron chi connectivity index (χ3n) is 1.66. The molecule has 1 heterocycles. The number of ether oxygens (including phenoxy) is 2. The highest BCUT2D eigenvalue weighted by Crippen LogP contribution is 2.28. The Labute approximate surface area is 69.4 Å². The number of esters is 2. The summed E-state index contributed by atoms with van der Waals surface area (Å²) in [5, 5.41) is 1.20. The lowest BCUT2D eigenvalue weighted by Gasteiger charge is -2.06. The van der Waals surface area contributed by atoms with Crippen LogP contribution in [0, 0.1) is 0 Å². The number of hydrogen-bond donors (Lipinski definition) is 0. The molecule has 1 aliphatic heterocycles. The van der Waals surface area contributed by atoms with Crippen molar-refractivity contribution >= 4 is 11.9 Å². The van der Waals surface area contributed by atoms with E-state index in [4.69, 9.17) is 0 Å². The molecule has 67 valence electrons. The summed E-state index contributed by atoms with van der Waals surface area (Å²) < 4.78 is 8.79. The highest BCUT2D eigenvalue weighted by molar-refractivity contribution is 6.06. The molecule has 1 aliphatic rings. The van der Waals surface area contributed by atoms with E-state index in [1.54, 1.807) is 0 Å². The normalized spacial score (nSPS) is 24.4. The van der Waals surface area contributed by atoms with Crippen LogP contribution in [0.25, 0.3) is 0 Å². The molecular weight excluding hydrogens is 164 g/mol. The fourth-order valence-electron chi connectivity index (χ4n) is 0.909. The first-order valence-corrected chi connectivity index (χ1v) is 3.23. The predicted octanol–water partition coefficient (Wildman–Crippen LogP) is -1.51. The van der Waals surface area contributed by atoms with Crippen LogP contribution in [0.5, 0.6) is 0 Å². The predicted molar refractivity (Wildman–Crippen MR) is 36.7 cm³/mol. The molecule has 0 N–H and O–H groups in total. The zero-order valence-corrected chi connectivity index (χ0v) is 7.03. The fourth-order valence-corrected chi connectivity index (χ4v) is 0.909. The van der Waals surface area contributed by atoms with Gasteiger partial charge < -0.3 is 9.47 Å². The summed E-state index contributed by atoms with van der Waals surface area (Å²) in [6.07, 6.45) is 0. The molecule has 0 amide bonds. The Kier molecular flexibility index (Phi) is 2.03. The molecule has 0 aromatic rings. The van der Waals surface area contributed by atoms with Gasteiger partial charge in [0, 0.05) is 7.05 Å². The average Bonchev–Trinajstić information content (AvgIpc) is 2.76. The maximum Gasteiger partial charge on any atom is 0.357 e. The Hall–Kier alpha value is -1.14. The molecule has 0 aliphatic carbocycles. The fraction of sp³-hybridized carbons (Fsp3) is 0.667. The Balaban J connectivity index is 2.79. The summed E-state index contributed by atoms with van der Waals surface area (Å²) in [5.41, 5.74) is 2.07. The summed E-state index contributed by atoms with van der Waals surface area (Å²) >= 11 is 0. The standard InChI is InChI=1S/C6H9N2O4/c1-8-6(7-8,4(9)11-2)5(10)12-3/h1-3H3. The van der Waals surface area contributed by atoms with Gasteiger partial charge in [-0.05, 0) is 0 Å². The molecule has 6 heteroatoms. The summed E-state index contributed by atoms with van der Waals surface area (Å²) in [5.74, 6) is -1.45. The summed E-state index contributed by atoms with van der Waals surface area (Å²) in [4.78, 5) is 22.1. The molecule has 0 aromatic carbocycles. The van der Waals surface area contributed by atoms with Gasteiger partial charge in [-0.3, -0.25) is 0 Å². The summed E-state index contributed by atoms with van der Waals surface area (Å²) in [6, 6.07) is 0. The third kappa shape index (κ3) is 0.961. The van der Waals surface area contributed by atoms with Gasteiger partial charge in [0.15, 0.2) is 0 Å². The summed E-state index contributed by atoms with van der Waals surface area (Å²) in [7, 11) is 3.87. The lowest BCUT2D eigenvalue weighted by molar-refractivity contribution is -0.158. The Morgan fingerprint density at radius 1 is 1.25 bits per heavy atom. The second-order valence-electron chi connectivity index (χ2n) is 2.28. The second kappa shape index (κ2) is 2.72. The van der Waals surface area contributed by atoms with E-state index >= 15 is 0 Å². The molecule has 1 rings (SSSR count). The zero-order chi connectivity index (χ0) is 9.35. The summed E-state index contributed by atoms with van der Waals surface area (Å²) in [6.45, 7) is 0. The Morgan fingerprint density at radius 3 is 1.75 bits per heavy atom. The van der Waals surface area contributed by atoms with E-state index in [1.807, 2.05) is 0 Å². The van der Waals surface area contributed by atoms with Gasteiger partial charge in [0.2, 0.25) is 0 Å². The van der Waals surface area contributed by atoms with E-state index in [9.17, 15) is 9.59 Å². The molecule has 1 fully saturated rings. The van der Waals surface area contributed by atoms with E-state index in [1.165, 1.54) is 26.3 Å². The third-order valence-corrected chi connectivity index (χ3v) is 1.66. The highest BCUT2D eigenvalue weighted by Gasteiger charge is 2.67. The van der Waals surface area contributed by atoms with E-state index in [0.717, 1.165) is 0 Å². The minimum absolute atomic E-state index is 0.725. The Morgan fingerprint density at radius 2 is 1.58 bits per heavy atom. The van der Waals surface area contributed by atoms with Gasteiger partial charge in [-0.1, -0.05) is 0 Å². The topological polar surface area (TPSA) is 69.7 Å². The molecule has 1 saturated heterocycles. The number of carbonyl (C=O) groups is 2. The maximum absolute atomic E-state index is 11.0. The van der Waals surface area contributed by atoms with Crippen LogP contribution in [0.1, 0.15) is 0 Å². The van der Waals surface area contributed by atoms with E-state index in [-0.39, 0.29) is 0 Å². The number of hydrogen-bond acceptors (Lipinski definition) is 5. The van der Waals surface area contributed by atoms with Crippen molar-refractivity contribution < 1.29 is 19.1 Å². The van der Waals surface area contributed by atoms with Crippen molar-refractivity contribution in [3.63, 3.8) is 0 Å². The minimum atomic E-state index is -1.54. The molecule has 1 radical (unpaired) electrons. The smallest absolute Gasteiger partial charge is 0.357 e. The molecule has 1 atom stereocenters. The number of carbonyl (C=O) groups excluding carboxylic acids is 2. The van der Waals surface area contributed by atoms with Gasteiger partial charge in [-0.2, -0.15) is 5.01 Å². The maximum atomic E-state index is 11.0. The molecular formula is C6H9N2O4. The number of methoxy groups -OCH3 is 2. The second-order valence-corrected chi connectivity index (χ2v) is 2.28. The number of nitrogens with zero attached hydrogens (tertiary/aromatic N) is 2. The van der Waals surface area contributed by atoms with Crippen LogP contribution in [0.15, 0.2) is 0 Å². The Bertz CT molecular complexity index is 212. The SMILES string of the molecule is COC(=O)C1(C(=O)OC)[N]N1C. The van der Waals surface area contributed by atoms with Gasteiger partial charge in [0.25, 0.3) is 0 Å². The van der Waals surface area contributed by atoms with Crippen LogP contribution in [-0.2, 0) is 19.1 Å². The first-order valence-electron chi connectivity index (χ1n) is 3.23. The lowest BCUT2D eigenvalue weighted by atomic mass is 10.2. The van der Waals surface area contributed by atoms with Gasteiger partial charge in [0.1, 0.15) is 0 Å². The number of likely N-dealkylation sites (N-methyl/N-ethyl adjacent to an activating group) is 1. The van der Waals surface area contributed by atoms with Crippen LogP contribution in [0.3, 0.4) is 0 Å². The molecule has 0 bridgehead atoms. The highest BCUT2D eigenvalue weighted by atomic mass is 16.6. The van der Waals surface area contributed by atoms with Gasteiger partial charge in [0.05, 0.1) is 14.2 Å². The van der Waals surface area contributed by atoms with Gasteiger partial charge in [-0.15, -0.1) is 5.43 Å². The van der Waals surface area contributed by atoms with Crippen LogP contribution in [0.2, 0.25) is 0 Å². The van der Waals surface area contributed by atoms with Crippen molar-refractivity contribution in [1.29, 1.82) is 0 Å². The van der Waals surface area contributed by atoms with Crippen molar-refractivity contribution in [2.75, 3.05) is 21.3 Å². The van der Waals surface area contributed by atoms with Crippen LogP contribution in [0.4, 0.5) is 0 Å². The van der Waals surface area contributed by atoms with Gasteiger partial charge >= 0.3 is 17.6 Å². The minimum Gasteiger partial charge on any atom is -0.466 e. The van der Waals surface area contributed by atoms with Gasteiger partial charge in [-0.25, -0.2) is 9.59 Å². The van der Waals surface area contributed by atoms with Crippen molar-refractivity contribution in [3.8, 4) is 0 Å². The first kappa shape index (κ1) is 8.95. The molecule has 0 saturated carbocycles. The molecule has 0 spiro atoms. The average molecular weight is 173 g/mol. The quantitative estimate of drug-likeness (QED) is 0.288. The van der Waals surface area contributed by atoms with E-state index < -0.39 is 17.6 Å². The monoisotopic (exact) mass is 173 g/mol. The first-order chi connectivity index (χ1) is 5.59. The van der Waals surface area contributed by atoms with Crippen LogP contribution < -0.4 is 5.43 Å². The van der Waals surface area contributed by atoms with Crippen molar-refractivity contribution in [2.24, 2.45) is 0 Å². The van der Waals surface area contributed by atoms with E-state index in [2.05, 4.69) is 14.9 Å². The molecule has 12 heavy (non-hydrogen) atoms. The molecule has 6 nitrogen and oxygen atoms in total. The van der Waals surface area contributed by atoms with Crippen molar-refractivity contribution in [1.82, 2.24) is 10.4 Å².